The first-order valence-electron chi connectivity index (χ1n) is 5.28. The van der Waals surface area contributed by atoms with Gasteiger partial charge in [-0.2, -0.15) is 9.97 Å². The highest BCUT2D eigenvalue weighted by molar-refractivity contribution is 6.28. The average Bonchev–Trinajstić information content (AvgIpc) is 2.27. The van der Waals surface area contributed by atoms with Crippen molar-refractivity contribution >= 4 is 11.6 Å². The molecular formula is C10H16ClN3O3. The second-order valence-electron chi connectivity index (χ2n) is 3.69. The molecule has 7 heteroatoms. The molecule has 0 N–H and O–H groups in total. The summed E-state index contributed by atoms with van der Waals surface area (Å²) in [6, 6.07) is 0.262. The highest BCUT2D eigenvalue weighted by atomic mass is 35.5. The standard InChI is InChI=1S/C10H16ClN3O3/c1-7(2)6-16-4-5-17-10-13-8(11)12-9(14-10)15-3/h7H,4-6H2,1-3H3. The molecule has 0 aliphatic carbocycles. The van der Waals surface area contributed by atoms with Gasteiger partial charge in [0.25, 0.3) is 0 Å². The SMILES string of the molecule is COc1nc(Cl)nc(OCCOCC(C)C)n1. The van der Waals surface area contributed by atoms with E-state index in [1.807, 2.05) is 0 Å². The van der Waals surface area contributed by atoms with Gasteiger partial charge in [-0.1, -0.05) is 13.8 Å². The fourth-order valence-electron chi connectivity index (χ4n) is 0.981. The van der Waals surface area contributed by atoms with Crippen molar-refractivity contribution in [3.05, 3.63) is 5.28 Å². The molecular weight excluding hydrogens is 246 g/mol. The maximum Gasteiger partial charge on any atom is 0.324 e. The van der Waals surface area contributed by atoms with Gasteiger partial charge in [-0.05, 0) is 17.5 Å². The van der Waals surface area contributed by atoms with Crippen molar-refractivity contribution in [1.82, 2.24) is 15.0 Å². The molecule has 1 rings (SSSR count). The van der Waals surface area contributed by atoms with E-state index in [2.05, 4.69) is 28.8 Å². The molecule has 1 heterocycles. The van der Waals surface area contributed by atoms with Crippen LogP contribution in [0.3, 0.4) is 0 Å². The third-order valence-electron chi connectivity index (χ3n) is 1.66. The van der Waals surface area contributed by atoms with Crippen molar-refractivity contribution in [2.24, 2.45) is 5.92 Å². The summed E-state index contributed by atoms with van der Waals surface area (Å²) < 4.78 is 15.4. The smallest absolute Gasteiger partial charge is 0.324 e. The largest absolute Gasteiger partial charge is 0.467 e. The first-order chi connectivity index (χ1) is 8.11. The molecule has 0 amide bonds. The number of aromatic nitrogens is 3. The summed E-state index contributed by atoms with van der Waals surface area (Å²) >= 11 is 5.66. The molecule has 0 radical (unpaired) electrons. The first-order valence-corrected chi connectivity index (χ1v) is 5.65. The lowest BCUT2D eigenvalue weighted by Gasteiger charge is -2.07. The maximum absolute atomic E-state index is 5.66. The molecule has 0 fully saturated rings. The van der Waals surface area contributed by atoms with Crippen LogP contribution in [0.1, 0.15) is 13.8 Å². The van der Waals surface area contributed by atoms with E-state index in [4.69, 9.17) is 25.8 Å². The molecule has 0 atom stereocenters. The first kappa shape index (κ1) is 13.9. The zero-order valence-electron chi connectivity index (χ0n) is 10.1. The monoisotopic (exact) mass is 261 g/mol. The van der Waals surface area contributed by atoms with Crippen molar-refractivity contribution < 1.29 is 14.2 Å². The van der Waals surface area contributed by atoms with Gasteiger partial charge >= 0.3 is 12.0 Å². The van der Waals surface area contributed by atoms with Gasteiger partial charge < -0.3 is 14.2 Å². The molecule has 96 valence electrons. The van der Waals surface area contributed by atoms with E-state index in [1.165, 1.54) is 7.11 Å². The highest BCUT2D eigenvalue weighted by Gasteiger charge is 2.05. The van der Waals surface area contributed by atoms with Crippen LogP contribution in [-0.4, -0.2) is 41.9 Å². The van der Waals surface area contributed by atoms with Gasteiger partial charge in [0.15, 0.2) is 0 Å². The molecule has 0 saturated heterocycles. The Hall–Kier alpha value is -1.14. The lowest BCUT2D eigenvalue weighted by molar-refractivity contribution is 0.0788. The summed E-state index contributed by atoms with van der Waals surface area (Å²) in [6.07, 6.45) is 0. The van der Waals surface area contributed by atoms with Crippen LogP contribution in [-0.2, 0) is 4.74 Å². The molecule has 1 aromatic heterocycles. The van der Waals surface area contributed by atoms with E-state index in [0.29, 0.717) is 25.7 Å². The number of hydrogen-bond donors (Lipinski definition) is 0. The van der Waals surface area contributed by atoms with Gasteiger partial charge in [0.05, 0.1) is 13.7 Å². The van der Waals surface area contributed by atoms with Crippen molar-refractivity contribution in [2.45, 2.75) is 13.8 Å². The van der Waals surface area contributed by atoms with Gasteiger partial charge in [-0.3, -0.25) is 0 Å². The third kappa shape index (κ3) is 5.65. The van der Waals surface area contributed by atoms with Crippen molar-refractivity contribution in [3.8, 4) is 12.0 Å². The Labute approximate surface area is 105 Å². The minimum atomic E-state index is 0.0370. The average molecular weight is 262 g/mol. The second-order valence-corrected chi connectivity index (χ2v) is 4.03. The van der Waals surface area contributed by atoms with Gasteiger partial charge in [0.1, 0.15) is 6.61 Å². The van der Waals surface area contributed by atoms with E-state index in [-0.39, 0.29) is 17.3 Å². The van der Waals surface area contributed by atoms with Crippen molar-refractivity contribution in [1.29, 1.82) is 0 Å². The summed E-state index contributed by atoms with van der Waals surface area (Å²) in [4.78, 5) is 11.4. The summed E-state index contributed by atoms with van der Waals surface area (Å²) in [7, 11) is 1.45. The quantitative estimate of drug-likeness (QED) is 0.695. The van der Waals surface area contributed by atoms with Crippen LogP contribution in [0.4, 0.5) is 0 Å². The molecule has 0 bridgehead atoms. The van der Waals surface area contributed by atoms with Crippen LogP contribution < -0.4 is 9.47 Å². The number of halogens is 1. The summed E-state index contributed by atoms with van der Waals surface area (Å²) in [6.45, 7) is 5.69. The summed E-state index contributed by atoms with van der Waals surface area (Å²) in [5.74, 6) is 0.502. The van der Waals surface area contributed by atoms with Gasteiger partial charge in [0.2, 0.25) is 5.28 Å². The highest BCUT2D eigenvalue weighted by Crippen LogP contribution is 2.12. The number of methoxy groups -OCH3 is 1. The zero-order valence-corrected chi connectivity index (χ0v) is 10.9. The van der Waals surface area contributed by atoms with Crippen molar-refractivity contribution in [3.63, 3.8) is 0 Å². The molecule has 6 nitrogen and oxygen atoms in total. The van der Waals surface area contributed by atoms with E-state index < -0.39 is 0 Å². The van der Waals surface area contributed by atoms with Crippen LogP contribution in [0.5, 0.6) is 12.0 Å². The fourth-order valence-corrected chi connectivity index (χ4v) is 1.13. The van der Waals surface area contributed by atoms with Crippen LogP contribution in [0.15, 0.2) is 0 Å². The minimum absolute atomic E-state index is 0.0370. The molecule has 0 aliphatic rings. The number of rotatable bonds is 7. The maximum atomic E-state index is 5.66. The Balaban J connectivity index is 2.33. The van der Waals surface area contributed by atoms with E-state index in [9.17, 15) is 0 Å². The number of hydrogen-bond acceptors (Lipinski definition) is 6. The molecule has 1 aromatic rings. The second kappa shape index (κ2) is 7.24. The molecule has 0 saturated carbocycles. The lowest BCUT2D eigenvalue weighted by Crippen LogP contribution is -2.11. The Bertz CT molecular complexity index is 350. The van der Waals surface area contributed by atoms with E-state index >= 15 is 0 Å². The van der Waals surface area contributed by atoms with E-state index in [0.717, 1.165) is 0 Å². The molecule has 0 spiro atoms. The van der Waals surface area contributed by atoms with Gasteiger partial charge in [-0.15, -0.1) is 4.98 Å². The summed E-state index contributed by atoms with van der Waals surface area (Å²) in [5.41, 5.74) is 0. The topological polar surface area (TPSA) is 66.4 Å². The van der Waals surface area contributed by atoms with Crippen LogP contribution in [0, 0.1) is 5.92 Å². The number of ether oxygens (including phenoxy) is 3. The van der Waals surface area contributed by atoms with Gasteiger partial charge in [-0.25, -0.2) is 0 Å². The van der Waals surface area contributed by atoms with Crippen LogP contribution >= 0.6 is 11.6 Å². The third-order valence-corrected chi connectivity index (χ3v) is 1.83. The molecule has 0 unspecified atom stereocenters. The molecule has 17 heavy (non-hydrogen) atoms. The zero-order chi connectivity index (χ0) is 12.7. The van der Waals surface area contributed by atoms with Crippen LogP contribution in [0.2, 0.25) is 5.28 Å². The Morgan fingerprint density at radius 3 is 2.47 bits per heavy atom. The van der Waals surface area contributed by atoms with E-state index in [1.54, 1.807) is 0 Å². The minimum Gasteiger partial charge on any atom is -0.467 e. The summed E-state index contributed by atoms with van der Waals surface area (Å²) in [5, 5.41) is 0.0370. The lowest BCUT2D eigenvalue weighted by atomic mass is 10.2. The predicted octanol–water partition coefficient (Wildman–Crippen LogP) is 1.58. The predicted molar refractivity (Wildman–Crippen MR) is 62.5 cm³/mol. The Morgan fingerprint density at radius 1 is 1.12 bits per heavy atom. The number of nitrogens with zero attached hydrogens (tertiary/aromatic N) is 3. The van der Waals surface area contributed by atoms with Gasteiger partial charge in [0, 0.05) is 6.61 Å². The van der Waals surface area contributed by atoms with Crippen LogP contribution in [0.25, 0.3) is 0 Å². The molecule has 0 aromatic carbocycles. The normalized spacial score (nSPS) is 10.6. The molecule has 0 aliphatic heterocycles. The Kier molecular flexibility index (Phi) is 5.93. The fraction of sp³-hybridized carbons (Fsp3) is 0.700. The van der Waals surface area contributed by atoms with Crippen molar-refractivity contribution in [2.75, 3.05) is 26.9 Å². The Morgan fingerprint density at radius 2 is 1.82 bits per heavy atom.